The lowest BCUT2D eigenvalue weighted by Gasteiger charge is -2.16. The molecule has 0 aliphatic rings. The van der Waals surface area contributed by atoms with E-state index < -0.39 is 6.10 Å². The van der Waals surface area contributed by atoms with Crippen LogP contribution < -0.4 is 14.8 Å². The van der Waals surface area contributed by atoms with E-state index >= 15 is 0 Å². The van der Waals surface area contributed by atoms with Gasteiger partial charge in [-0.3, -0.25) is 4.79 Å². The predicted molar refractivity (Wildman–Crippen MR) is 66.4 cm³/mol. The Morgan fingerprint density at radius 2 is 1.65 bits per heavy atom. The molecule has 4 nitrogen and oxygen atoms in total. The van der Waals surface area contributed by atoms with Crippen molar-refractivity contribution < 1.29 is 14.3 Å². The van der Waals surface area contributed by atoms with Gasteiger partial charge < -0.3 is 14.8 Å². The maximum Gasteiger partial charge on any atom is 0.260 e. The molecule has 0 saturated carbocycles. The van der Waals surface area contributed by atoms with Crippen molar-refractivity contribution in [3.05, 3.63) is 24.3 Å². The van der Waals surface area contributed by atoms with Gasteiger partial charge in [-0.15, -0.1) is 0 Å². The van der Waals surface area contributed by atoms with Crippen LogP contribution in [0, 0.1) is 0 Å². The van der Waals surface area contributed by atoms with Crippen molar-refractivity contribution in [2.75, 3.05) is 7.11 Å². The third-order valence-corrected chi connectivity index (χ3v) is 2.17. The van der Waals surface area contributed by atoms with E-state index in [1.807, 2.05) is 13.8 Å². The van der Waals surface area contributed by atoms with Gasteiger partial charge in [0.15, 0.2) is 6.10 Å². The minimum Gasteiger partial charge on any atom is -0.497 e. The monoisotopic (exact) mass is 237 g/mol. The first-order valence-corrected chi connectivity index (χ1v) is 5.64. The molecule has 1 aromatic carbocycles. The number of rotatable bonds is 5. The summed E-state index contributed by atoms with van der Waals surface area (Å²) < 4.78 is 10.5. The fourth-order valence-electron chi connectivity index (χ4n) is 1.31. The van der Waals surface area contributed by atoms with Crippen molar-refractivity contribution in [3.63, 3.8) is 0 Å². The molecule has 0 saturated heterocycles. The number of hydrogen-bond donors (Lipinski definition) is 1. The summed E-state index contributed by atoms with van der Waals surface area (Å²) in [5.74, 6) is 1.30. The van der Waals surface area contributed by atoms with Crippen molar-refractivity contribution >= 4 is 5.91 Å². The molecule has 17 heavy (non-hydrogen) atoms. The van der Waals surface area contributed by atoms with Gasteiger partial charge in [0.1, 0.15) is 11.5 Å². The SMILES string of the molecule is COc1ccc(OC(C)C(=O)NC(C)C)cc1. The van der Waals surface area contributed by atoms with Gasteiger partial charge in [0.05, 0.1) is 7.11 Å². The predicted octanol–water partition coefficient (Wildman–Crippen LogP) is 1.99. The fraction of sp³-hybridized carbons (Fsp3) is 0.462. The Labute approximate surface area is 102 Å². The summed E-state index contributed by atoms with van der Waals surface area (Å²) in [6, 6.07) is 7.25. The second-order valence-electron chi connectivity index (χ2n) is 4.10. The maximum atomic E-state index is 11.6. The van der Waals surface area contributed by atoms with E-state index in [9.17, 15) is 4.79 Å². The lowest BCUT2D eigenvalue weighted by molar-refractivity contribution is -0.127. The summed E-state index contributed by atoms with van der Waals surface area (Å²) >= 11 is 0. The zero-order chi connectivity index (χ0) is 12.8. The van der Waals surface area contributed by atoms with Crippen LogP contribution in [0.2, 0.25) is 0 Å². The molecule has 94 valence electrons. The van der Waals surface area contributed by atoms with E-state index in [1.54, 1.807) is 38.3 Å². The van der Waals surface area contributed by atoms with Crippen molar-refractivity contribution in [3.8, 4) is 11.5 Å². The third kappa shape index (κ3) is 4.34. The van der Waals surface area contributed by atoms with Crippen LogP contribution in [0.4, 0.5) is 0 Å². The lowest BCUT2D eigenvalue weighted by Crippen LogP contribution is -2.39. The second kappa shape index (κ2) is 6.13. The highest BCUT2D eigenvalue weighted by molar-refractivity contribution is 5.80. The zero-order valence-corrected chi connectivity index (χ0v) is 10.7. The molecule has 1 amide bonds. The zero-order valence-electron chi connectivity index (χ0n) is 10.7. The van der Waals surface area contributed by atoms with E-state index in [2.05, 4.69) is 5.32 Å². The summed E-state index contributed by atoms with van der Waals surface area (Å²) in [6.45, 7) is 5.55. The molecule has 1 N–H and O–H groups in total. The highest BCUT2D eigenvalue weighted by atomic mass is 16.5. The van der Waals surface area contributed by atoms with Crippen molar-refractivity contribution in [2.45, 2.75) is 32.9 Å². The van der Waals surface area contributed by atoms with Gasteiger partial charge in [-0.2, -0.15) is 0 Å². The minimum absolute atomic E-state index is 0.115. The number of amides is 1. The Bertz CT molecular complexity index is 359. The summed E-state index contributed by atoms with van der Waals surface area (Å²) in [5, 5.41) is 2.80. The molecule has 0 radical (unpaired) electrons. The maximum absolute atomic E-state index is 11.6. The minimum atomic E-state index is -0.509. The smallest absolute Gasteiger partial charge is 0.260 e. The fourth-order valence-corrected chi connectivity index (χ4v) is 1.31. The van der Waals surface area contributed by atoms with Gasteiger partial charge in [0.2, 0.25) is 0 Å². The Kier molecular flexibility index (Phi) is 4.82. The highest BCUT2D eigenvalue weighted by Crippen LogP contribution is 2.18. The molecular formula is C13H19NO3. The average molecular weight is 237 g/mol. The molecule has 1 unspecified atom stereocenters. The number of carbonyl (C=O) groups excluding carboxylic acids is 1. The van der Waals surface area contributed by atoms with E-state index in [4.69, 9.17) is 9.47 Å². The van der Waals surface area contributed by atoms with Crippen LogP contribution in [0.1, 0.15) is 20.8 Å². The van der Waals surface area contributed by atoms with Gasteiger partial charge in [0, 0.05) is 6.04 Å². The van der Waals surface area contributed by atoms with Gasteiger partial charge >= 0.3 is 0 Å². The summed E-state index contributed by atoms with van der Waals surface area (Å²) in [7, 11) is 1.61. The van der Waals surface area contributed by atoms with E-state index in [-0.39, 0.29) is 11.9 Å². The van der Waals surface area contributed by atoms with Crippen LogP contribution in [-0.2, 0) is 4.79 Å². The second-order valence-corrected chi connectivity index (χ2v) is 4.10. The number of ether oxygens (including phenoxy) is 2. The molecule has 0 spiro atoms. The number of carbonyl (C=O) groups is 1. The van der Waals surface area contributed by atoms with Crippen LogP contribution in [0.25, 0.3) is 0 Å². The standard InChI is InChI=1S/C13H19NO3/c1-9(2)14-13(15)10(3)17-12-7-5-11(16-4)6-8-12/h5-10H,1-4H3,(H,14,15). The molecule has 1 atom stereocenters. The van der Waals surface area contributed by atoms with Gasteiger partial charge in [-0.05, 0) is 45.0 Å². The summed E-state index contributed by atoms with van der Waals surface area (Å²) in [6.07, 6.45) is -0.509. The first-order chi connectivity index (χ1) is 8.02. The topological polar surface area (TPSA) is 47.6 Å². The highest BCUT2D eigenvalue weighted by Gasteiger charge is 2.15. The van der Waals surface area contributed by atoms with Crippen molar-refractivity contribution in [1.29, 1.82) is 0 Å². The first kappa shape index (κ1) is 13.4. The van der Waals surface area contributed by atoms with E-state index in [0.717, 1.165) is 5.75 Å². The molecule has 0 aliphatic heterocycles. The molecule has 4 heteroatoms. The average Bonchev–Trinajstić information content (AvgIpc) is 2.29. The van der Waals surface area contributed by atoms with Gasteiger partial charge in [0.25, 0.3) is 5.91 Å². The van der Waals surface area contributed by atoms with Crippen molar-refractivity contribution in [2.24, 2.45) is 0 Å². The Morgan fingerprint density at radius 3 is 2.12 bits per heavy atom. The van der Waals surface area contributed by atoms with Crippen LogP contribution in [0.5, 0.6) is 11.5 Å². The Morgan fingerprint density at radius 1 is 1.12 bits per heavy atom. The Balaban J connectivity index is 2.55. The molecule has 0 fully saturated rings. The van der Waals surface area contributed by atoms with Gasteiger partial charge in [-0.25, -0.2) is 0 Å². The van der Waals surface area contributed by atoms with Crippen LogP contribution in [0.15, 0.2) is 24.3 Å². The first-order valence-electron chi connectivity index (χ1n) is 5.64. The molecule has 1 aromatic rings. The molecule has 1 rings (SSSR count). The number of methoxy groups -OCH3 is 1. The number of hydrogen-bond acceptors (Lipinski definition) is 3. The molecule has 0 aromatic heterocycles. The van der Waals surface area contributed by atoms with E-state index in [0.29, 0.717) is 5.75 Å². The molecule has 0 aliphatic carbocycles. The summed E-state index contributed by atoms with van der Waals surface area (Å²) in [5.41, 5.74) is 0. The van der Waals surface area contributed by atoms with E-state index in [1.165, 1.54) is 0 Å². The molecule has 0 bridgehead atoms. The van der Waals surface area contributed by atoms with Crippen molar-refractivity contribution in [1.82, 2.24) is 5.32 Å². The largest absolute Gasteiger partial charge is 0.497 e. The quantitative estimate of drug-likeness (QED) is 0.852. The third-order valence-electron chi connectivity index (χ3n) is 2.17. The van der Waals surface area contributed by atoms with Crippen LogP contribution >= 0.6 is 0 Å². The van der Waals surface area contributed by atoms with Crippen LogP contribution in [0.3, 0.4) is 0 Å². The van der Waals surface area contributed by atoms with Gasteiger partial charge in [-0.1, -0.05) is 0 Å². The van der Waals surface area contributed by atoms with Crippen LogP contribution in [-0.4, -0.2) is 25.2 Å². The number of benzene rings is 1. The normalized spacial score (nSPS) is 12.1. The summed E-state index contributed by atoms with van der Waals surface area (Å²) in [4.78, 5) is 11.6. The number of nitrogens with one attached hydrogen (secondary N) is 1. The Hall–Kier alpha value is -1.71. The molecule has 0 heterocycles. The lowest BCUT2D eigenvalue weighted by atomic mass is 10.3. The molecular weight excluding hydrogens is 218 g/mol.